The SMILES string of the molecule is COC(=O)CC1CN(c2ncccn2)CCO1. The number of morpholine rings is 1. The first-order chi connectivity index (χ1) is 8.29. The maximum atomic E-state index is 11.2. The Bertz CT molecular complexity index is 371. The zero-order chi connectivity index (χ0) is 12.1. The van der Waals surface area contributed by atoms with Gasteiger partial charge in [-0.05, 0) is 6.07 Å². The molecule has 0 amide bonds. The quantitative estimate of drug-likeness (QED) is 0.702. The molecule has 0 spiro atoms. The molecule has 1 aromatic rings. The molecule has 0 aliphatic carbocycles. The van der Waals surface area contributed by atoms with Gasteiger partial charge >= 0.3 is 5.97 Å². The lowest BCUT2D eigenvalue weighted by atomic mass is 10.2. The van der Waals surface area contributed by atoms with Crippen LogP contribution >= 0.6 is 0 Å². The molecule has 0 aromatic carbocycles. The number of carbonyl (C=O) groups is 1. The number of ether oxygens (including phenoxy) is 2. The number of hydrogen-bond acceptors (Lipinski definition) is 6. The Kier molecular flexibility index (Phi) is 3.87. The van der Waals surface area contributed by atoms with Gasteiger partial charge in [0.05, 0.1) is 26.2 Å². The maximum Gasteiger partial charge on any atom is 0.308 e. The fraction of sp³-hybridized carbons (Fsp3) is 0.545. The minimum Gasteiger partial charge on any atom is -0.469 e. The Morgan fingerprint density at radius 1 is 1.59 bits per heavy atom. The number of aromatic nitrogens is 2. The molecule has 2 rings (SSSR count). The van der Waals surface area contributed by atoms with Crippen LogP contribution in [0.4, 0.5) is 5.95 Å². The third-order valence-corrected chi connectivity index (χ3v) is 2.60. The van der Waals surface area contributed by atoms with E-state index in [-0.39, 0.29) is 18.5 Å². The van der Waals surface area contributed by atoms with E-state index in [1.165, 1.54) is 7.11 Å². The highest BCUT2D eigenvalue weighted by Crippen LogP contribution is 2.14. The zero-order valence-electron chi connectivity index (χ0n) is 9.70. The van der Waals surface area contributed by atoms with Crippen LogP contribution in [0.5, 0.6) is 0 Å². The largest absolute Gasteiger partial charge is 0.469 e. The van der Waals surface area contributed by atoms with Crippen molar-refractivity contribution in [2.75, 3.05) is 31.7 Å². The molecule has 17 heavy (non-hydrogen) atoms. The molecule has 1 atom stereocenters. The molecule has 0 bridgehead atoms. The van der Waals surface area contributed by atoms with Crippen molar-refractivity contribution in [1.29, 1.82) is 0 Å². The molecule has 1 aromatic heterocycles. The summed E-state index contributed by atoms with van der Waals surface area (Å²) in [6.45, 7) is 1.92. The minimum absolute atomic E-state index is 0.153. The van der Waals surface area contributed by atoms with Crippen molar-refractivity contribution in [3.8, 4) is 0 Å². The number of rotatable bonds is 3. The Morgan fingerprint density at radius 3 is 3.06 bits per heavy atom. The smallest absolute Gasteiger partial charge is 0.308 e. The van der Waals surface area contributed by atoms with E-state index in [9.17, 15) is 4.79 Å². The molecule has 1 saturated heterocycles. The molecular weight excluding hydrogens is 222 g/mol. The Hall–Kier alpha value is -1.69. The molecule has 0 radical (unpaired) electrons. The van der Waals surface area contributed by atoms with Gasteiger partial charge in [0.2, 0.25) is 5.95 Å². The van der Waals surface area contributed by atoms with E-state index in [2.05, 4.69) is 14.7 Å². The standard InChI is InChI=1S/C11H15N3O3/c1-16-10(15)7-9-8-14(5-6-17-9)11-12-3-2-4-13-11/h2-4,9H,5-8H2,1H3. The second-order valence-corrected chi connectivity index (χ2v) is 3.77. The van der Waals surface area contributed by atoms with E-state index in [0.717, 1.165) is 6.54 Å². The topological polar surface area (TPSA) is 64.5 Å². The van der Waals surface area contributed by atoms with E-state index < -0.39 is 0 Å². The highest BCUT2D eigenvalue weighted by Gasteiger charge is 2.24. The summed E-state index contributed by atoms with van der Waals surface area (Å²) in [5.41, 5.74) is 0. The van der Waals surface area contributed by atoms with Crippen LogP contribution in [0.1, 0.15) is 6.42 Å². The molecule has 1 unspecified atom stereocenters. The normalized spacial score (nSPS) is 20.1. The van der Waals surface area contributed by atoms with Gasteiger partial charge in [0.1, 0.15) is 0 Å². The van der Waals surface area contributed by atoms with Gasteiger partial charge < -0.3 is 14.4 Å². The van der Waals surface area contributed by atoms with Crippen LogP contribution in [0.15, 0.2) is 18.5 Å². The van der Waals surface area contributed by atoms with E-state index >= 15 is 0 Å². The van der Waals surface area contributed by atoms with E-state index in [4.69, 9.17) is 4.74 Å². The summed E-state index contributed by atoms with van der Waals surface area (Å²) in [6, 6.07) is 1.77. The van der Waals surface area contributed by atoms with Gasteiger partial charge in [-0.3, -0.25) is 4.79 Å². The molecule has 2 heterocycles. The first kappa shape index (κ1) is 11.8. The van der Waals surface area contributed by atoms with Gasteiger partial charge in [0.15, 0.2) is 0 Å². The lowest BCUT2D eigenvalue weighted by Gasteiger charge is -2.32. The maximum absolute atomic E-state index is 11.2. The molecule has 6 heteroatoms. The first-order valence-electron chi connectivity index (χ1n) is 5.50. The van der Waals surface area contributed by atoms with Crippen molar-refractivity contribution in [3.63, 3.8) is 0 Å². The predicted molar refractivity (Wildman–Crippen MR) is 60.6 cm³/mol. The minimum atomic E-state index is -0.258. The molecule has 1 fully saturated rings. The summed E-state index contributed by atoms with van der Waals surface area (Å²) in [7, 11) is 1.38. The van der Waals surface area contributed by atoms with Crippen molar-refractivity contribution >= 4 is 11.9 Å². The first-order valence-corrected chi connectivity index (χ1v) is 5.50. The number of carbonyl (C=O) groups excluding carboxylic acids is 1. The van der Waals surface area contributed by atoms with Crippen LogP contribution in [0.2, 0.25) is 0 Å². The number of anilines is 1. The summed E-state index contributed by atoms with van der Waals surface area (Å²) >= 11 is 0. The lowest BCUT2D eigenvalue weighted by molar-refractivity contribution is -0.144. The molecule has 6 nitrogen and oxygen atoms in total. The van der Waals surface area contributed by atoms with E-state index in [1.54, 1.807) is 18.5 Å². The van der Waals surface area contributed by atoms with Gasteiger partial charge in [0, 0.05) is 25.5 Å². The number of esters is 1. The summed E-state index contributed by atoms with van der Waals surface area (Å²) in [4.78, 5) is 21.5. The van der Waals surface area contributed by atoms with Crippen molar-refractivity contribution in [2.45, 2.75) is 12.5 Å². The lowest BCUT2D eigenvalue weighted by Crippen LogP contribution is -2.44. The van der Waals surface area contributed by atoms with Crippen LogP contribution in [0.3, 0.4) is 0 Å². The van der Waals surface area contributed by atoms with Crippen LogP contribution < -0.4 is 4.90 Å². The van der Waals surface area contributed by atoms with E-state index in [1.807, 2.05) is 4.90 Å². The van der Waals surface area contributed by atoms with Gasteiger partial charge in [-0.2, -0.15) is 0 Å². The third-order valence-electron chi connectivity index (χ3n) is 2.60. The van der Waals surface area contributed by atoms with Crippen molar-refractivity contribution in [2.24, 2.45) is 0 Å². The molecule has 92 valence electrons. The highest BCUT2D eigenvalue weighted by atomic mass is 16.5. The predicted octanol–water partition coefficient (Wildman–Crippen LogP) is 0.245. The number of hydrogen-bond donors (Lipinski definition) is 0. The summed E-state index contributed by atoms with van der Waals surface area (Å²) in [5, 5.41) is 0. The number of methoxy groups -OCH3 is 1. The summed E-state index contributed by atoms with van der Waals surface area (Å²) in [5.74, 6) is 0.413. The molecule has 0 saturated carbocycles. The zero-order valence-corrected chi connectivity index (χ0v) is 9.70. The number of nitrogens with zero attached hydrogens (tertiary/aromatic N) is 3. The van der Waals surface area contributed by atoms with Crippen LogP contribution in [0, 0.1) is 0 Å². The average Bonchev–Trinajstić information content (AvgIpc) is 2.40. The van der Waals surface area contributed by atoms with Crippen molar-refractivity contribution < 1.29 is 14.3 Å². The van der Waals surface area contributed by atoms with Crippen molar-refractivity contribution in [1.82, 2.24) is 9.97 Å². The Labute approximate surface area is 99.6 Å². The molecule has 1 aliphatic rings. The second-order valence-electron chi connectivity index (χ2n) is 3.77. The average molecular weight is 237 g/mol. The fourth-order valence-electron chi connectivity index (χ4n) is 1.75. The van der Waals surface area contributed by atoms with Crippen LogP contribution in [0.25, 0.3) is 0 Å². The van der Waals surface area contributed by atoms with Gasteiger partial charge in [-0.1, -0.05) is 0 Å². The molecule has 0 N–H and O–H groups in total. The summed E-state index contributed by atoms with van der Waals surface area (Å²) < 4.78 is 10.1. The third kappa shape index (κ3) is 3.13. The Balaban J connectivity index is 1.95. The van der Waals surface area contributed by atoms with Gasteiger partial charge in [-0.15, -0.1) is 0 Å². The fourth-order valence-corrected chi connectivity index (χ4v) is 1.75. The Morgan fingerprint density at radius 2 is 2.35 bits per heavy atom. The van der Waals surface area contributed by atoms with Gasteiger partial charge in [0.25, 0.3) is 0 Å². The summed E-state index contributed by atoms with van der Waals surface area (Å²) in [6.07, 6.45) is 3.51. The monoisotopic (exact) mass is 237 g/mol. The molecular formula is C11H15N3O3. The van der Waals surface area contributed by atoms with Crippen molar-refractivity contribution in [3.05, 3.63) is 18.5 Å². The van der Waals surface area contributed by atoms with E-state index in [0.29, 0.717) is 19.1 Å². The highest BCUT2D eigenvalue weighted by molar-refractivity contribution is 5.69. The van der Waals surface area contributed by atoms with Crippen LogP contribution in [-0.2, 0) is 14.3 Å². The molecule has 1 aliphatic heterocycles. The van der Waals surface area contributed by atoms with Crippen LogP contribution in [-0.4, -0.2) is 48.8 Å². The second kappa shape index (κ2) is 5.58. The van der Waals surface area contributed by atoms with Gasteiger partial charge in [-0.25, -0.2) is 9.97 Å².